The van der Waals surface area contributed by atoms with Gasteiger partial charge in [0.2, 0.25) is 17.7 Å². The van der Waals surface area contributed by atoms with E-state index in [1.807, 2.05) is 34.6 Å². The number of carbonyl (C=O) groups is 4. The molecule has 0 radical (unpaired) electrons. The number of amides is 3. The number of hydrogen-bond donors (Lipinski definition) is 1. The van der Waals surface area contributed by atoms with Crippen LogP contribution in [0.25, 0.3) is 0 Å². The summed E-state index contributed by atoms with van der Waals surface area (Å²) < 4.78 is 5.89. The minimum Gasteiger partial charge on any atom is -0.375 e. The maximum atomic E-state index is 12.3. The number of rotatable bonds is 12. The molecule has 1 N–H and O–H groups in total. The molecule has 3 amide bonds. The molecule has 0 saturated carbocycles. The van der Waals surface area contributed by atoms with Crippen LogP contribution >= 0.6 is 0 Å². The second kappa shape index (κ2) is 10.1. The molecule has 1 aliphatic rings. The van der Waals surface area contributed by atoms with Crippen molar-refractivity contribution in [1.82, 2.24) is 10.2 Å². The van der Waals surface area contributed by atoms with Gasteiger partial charge in [0.05, 0.1) is 5.60 Å². The molecular formula is C21H36N2O5. The lowest BCUT2D eigenvalue weighted by molar-refractivity contribution is -0.139. The number of ether oxygens (including phenoxy) is 1. The molecule has 7 nitrogen and oxygen atoms in total. The highest BCUT2D eigenvalue weighted by Crippen LogP contribution is 2.22. The van der Waals surface area contributed by atoms with Crippen molar-refractivity contribution < 1.29 is 23.9 Å². The Morgan fingerprint density at radius 3 is 2.32 bits per heavy atom. The Hall–Kier alpha value is -1.76. The number of carbonyl (C=O) groups excluding carboxylic acids is 4. The summed E-state index contributed by atoms with van der Waals surface area (Å²) in [7, 11) is 0. The molecule has 1 fully saturated rings. The molecule has 160 valence electrons. The highest BCUT2D eigenvalue weighted by atomic mass is 16.5. The van der Waals surface area contributed by atoms with E-state index in [4.69, 9.17) is 4.74 Å². The minimum absolute atomic E-state index is 0.0995. The molecule has 1 rings (SSSR count). The number of imide groups is 1. The fraction of sp³-hybridized carbons (Fsp3) is 0.810. The minimum atomic E-state index is -0.473. The van der Waals surface area contributed by atoms with Crippen LogP contribution in [0.4, 0.5) is 0 Å². The van der Waals surface area contributed by atoms with E-state index in [1.54, 1.807) is 6.92 Å². The van der Waals surface area contributed by atoms with Gasteiger partial charge in [-0.25, -0.2) is 0 Å². The van der Waals surface area contributed by atoms with Gasteiger partial charge in [0.1, 0.15) is 5.78 Å². The van der Waals surface area contributed by atoms with E-state index in [1.165, 1.54) is 4.90 Å². The number of hydrogen-bond acceptors (Lipinski definition) is 5. The third-order valence-corrected chi connectivity index (χ3v) is 5.17. The van der Waals surface area contributed by atoms with Crippen molar-refractivity contribution in [2.75, 3.05) is 13.2 Å². The molecule has 1 aliphatic heterocycles. The van der Waals surface area contributed by atoms with E-state index < -0.39 is 11.1 Å². The monoisotopic (exact) mass is 396 g/mol. The summed E-state index contributed by atoms with van der Waals surface area (Å²) in [5.74, 6) is -0.646. The Kier molecular flexibility index (Phi) is 8.79. The Balaban J connectivity index is 2.38. The van der Waals surface area contributed by atoms with Crippen LogP contribution in [-0.4, -0.2) is 52.7 Å². The summed E-state index contributed by atoms with van der Waals surface area (Å²) in [6.07, 6.45) is 2.75. The summed E-state index contributed by atoms with van der Waals surface area (Å²) in [4.78, 5) is 48.6. The average molecular weight is 397 g/mol. The van der Waals surface area contributed by atoms with Crippen molar-refractivity contribution in [3.8, 4) is 0 Å². The van der Waals surface area contributed by atoms with Gasteiger partial charge in [-0.1, -0.05) is 6.92 Å². The SMILES string of the molecule is CCC1CC(=O)N(CCC(=O)NC(C)(C)CCOC(C)(C)CCC(C)=O)C1=O. The van der Waals surface area contributed by atoms with Crippen LogP contribution in [0.1, 0.15) is 80.1 Å². The Labute approximate surface area is 168 Å². The Morgan fingerprint density at radius 1 is 1.14 bits per heavy atom. The average Bonchev–Trinajstić information content (AvgIpc) is 2.84. The zero-order chi connectivity index (χ0) is 21.5. The standard InChI is InChI=1S/C21H36N2O5/c1-7-16-14-18(26)23(19(16)27)12-9-17(25)22-20(3,4)11-13-28-21(5,6)10-8-15(2)24/h16H,7-14H2,1-6H3,(H,22,25). The number of nitrogens with one attached hydrogen (secondary N) is 1. The fourth-order valence-corrected chi connectivity index (χ4v) is 3.15. The highest BCUT2D eigenvalue weighted by molar-refractivity contribution is 6.03. The third kappa shape index (κ3) is 8.09. The van der Waals surface area contributed by atoms with E-state index in [0.717, 1.165) is 0 Å². The van der Waals surface area contributed by atoms with Crippen molar-refractivity contribution >= 4 is 23.5 Å². The number of ketones is 1. The van der Waals surface area contributed by atoms with E-state index in [-0.39, 0.29) is 48.8 Å². The van der Waals surface area contributed by atoms with Crippen LogP contribution in [0.3, 0.4) is 0 Å². The summed E-state index contributed by atoms with van der Waals surface area (Å²) in [6, 6.07) is 0. The zero-order valence-corrected chi connectivity index (χ0v) is 18.2. The molecule has 7 heteroatoms. The first-order valence-electron chi connectivity index (χ1n) is 10.2. The summed E-state index contributed by atoms with van der Waals surface area (Å²) >= 11 is 0. The normalized spacial score (nSPS) is 17.9. The van der Waals surface area contributed by atoms with Crippen molar-refractivity contribution in [3.05, 3.63) is 0 Å². The molecule has 28 heavy (non-hydrogen) atoms. The predicted octanol–water partition coefficient (Wildman–Crippen LogP) is 2.61. The summed E-state index contributed by atoms with van der Waals surface area (Å²) in [5.41, 5.74) is -0.864. The number of nitrogens with zero attached hydrogens (tertiary/aromatic N) is 1. The Morgan fingerprint density at radius 2 is 1.79 bits per heavy atom. The molecule has 0 spiro atoms. The van der Waals surface area contributed by atoms with Crippen LogP contribution in [0.15, 0.2) is 0 Å². The van der Waals surface area contributed by atoms with Gasteiger partial charge in [-0.2, -0.15) is 0 Å². The van der Waals surface area contributed by atoms with E-state index in [9.17, 15) is 19.2 Å². The van der Waals surface area contributed by atoms with Crippen LogP contribution < -0.4 is 5.32 Å². The van der Waals surface area contributed by atoms with Gasteiger partial charge in [-0.3, -0.25) is 19.3 Å². The van der Waals surface area contributed by atoms with Crippen molar-refractivity contribution in [2.24, 2.45) is 5.92 Å². The second-order valence-corrected chi connectivity index (χ2v) is 8.94. The lowest BCUT2D eigenvalue weighted by Crippen LogP contribution is -2.46. The largest absolute Gasteiger partial charge is 0.375 e. The highest BCUT2D eigenvalue weighted by Gasteiger charge is 2.37. The van der Waals surface area contributed by atoms with Crippen molar-refractivity contribution in [2.45, 2.75) is 91.2 Å². The molecule has 1 heterocycles. The smallest absolute Gasteiger partial charge is 0.232 e. The summed E-state index contributed by atoms with van der Waals surface area (Å²) in [6.45, 7) is 11.8. The van der Waals surface area contributed by atoms with Gasteiger partial charge in [-0.15, -0.1) is 0 Å². The van der Waals surface area contributed by atoms with Crippen LogP contribution in [0.2, 0.25) is 0 Å². The van der Waals surface area contributed by atoms with Gasteiger partial charge in [0, 0.05) is 43.9 Å². The predicted molar refractivity (Wildman–Crippen MR) is 107 cm³/mol. The molecular weight excluding hydrogens is 360 g/mol. The third-order valence-electron chi connectivity index (χ3n) is 5.17. The maximum absolute atomic E-state index is 12.3. The quantitative estimate of drug-likeness (QED) is 0.512. The molecule has 1 saturated heterocycles. The lowest BCUT2D eigenvalue weighted by Gasteiger charge is -2.30. The molecule has 0 aromatic heterocycles. The zero-order valence-electron chi connectivity index (χ0n) is 18.2. The van der Waals surface area contributed by atoms with E-state index >= 15 is 0 Å². The topological polar surface area (TPSA) is 92.8 Å². The summed E-state index contributed by atoms with van der Waals surface area (Å²) in [5, 5.41) is 2.95. The molecule has 0 aromatic carbocycles. The second-order valence-electron chi connectivity index (χ2n) is 8.94. The van der Waals surface area contributed by atoms with Gasteiger partial charge >= 0.3 is 0 Å². The van der Waals surface area contributed by atoms with Gasteiger partial charge in [0.15, 0.2) is 0 Å². The lowest BCUT2D eigenvalue weighted by atomic mass is 9.99. The van der Waals surface area contributed by atoms with Crippen LogP contribution in [0, 0.1) is 5.92 Å². The van der Waals surface area contributed by atoms with E-state index in [2.05, 4.69) is 5.32 Å². The first kappa shape index (κ1) is 24.3. The number of Topliss-reactive ketones (excluding diaryl/α,β-unsaturated/α-hetero) is 1. The Bertz CT molecular complexity index is 598. The first-order chi connectivity index (χ1) is 12.9. The molecule has 0 bridgehead atoms. The van der Waals surface area contributed by atoms with Gasteiger partial charge in [0.25, 0.3) is 0 Å². The van der Waals surface area contributed by atoms with Gasteiger partial charge in [-0.05, 0) is 53.9 Å². The molecule has 1 unspecified atom stereocenters. The first-order valence-corrected chi connectivity index (χ1v) is 10.2. The van der Waals surface area contributed by atoms with Crippen LogP contribution in [-0.2, 0) is 23.9 Å². The van der Waals surface area contributed by atoms with Crippen molar-refractivity contribution in [3.63, 3.8) is 0 Å². The van der Waals surface area contributed by atoms with Crippen LogP contribution in [0.5, 0.6) is 0 Å². The van der Waals surface area contributed by atoms with Crippen molar-refractivity contribution in [1.29, 1.82) is 0 Å². The fourth-order valence-electron chi connectivity index (χ4n) is 3.15. The molecule has 0 aliphatic carbocycles. The molecule has 0 aromatic rings. The molecule has 1 atom stereocenters. The number of likely N-dealkylation sites (tertiary alicyclic amines) is 1. The maximum Gasteiger partial charge on any atom is 0.232 e. The van der Waals surface area contributed by atoms with E-state index in [0.29, 0.717) is 32.3 Å². The van der Waals surface area contributed by atoms with Gasteiger partial charge < -0.3 is 14.8 Å².